The molecule has 2 aromatic carbocycles. The predicted octanol–water partition coefficient (Wildman–Crippen LogP) is 4.53. The molecule has 0 aliphatic rings. The summed E-state index contributed by atoms with van der Waals surface area (Å²) in [7, 11) is 1.60. The SMILES string of the molecule is COc1cccc(NC(=O)NC[C@H](c2cccnc2)c2c[nH]c3ccccc23)c1. The van der Waals surface area contributed by atoms with Gasteiger partial charge in [-0.3, -0.25) is 4.98 Å². The maximum Gasteiger partial charge on any atom is 0.319 e. The largest absolute Gasteiger partial charge is 0.497 e. The van der Waals surface area contributed by atoms with Crippen LogP contribution in [0.5, 0.6) is 5.75 Å². The van der Waals surface area contributed by atoms with E-state index in [1.165, 1.54) is 0 Å². The number of fused-ring (bicyclic) bond motifs is 1. The fourth-order valence-corrected chi connectivity index (χ4v) is 3.44. The number of methoxy groups -OCH3 is 1. The molecule has 0 unspecified atom stereocenters. The molecule has 146 valence electrons. The van der Waals surface area contributed by atoms with Crippen molar-refractivity contribution < 1.29 is 9.53 Å². The molecule has 29 heavy (non-hydrogen) atoms. The third-order valence-corrected chi connectivity index (χ3v) is 4.88. The summed E-state index contributed by atoms with van der Waals surface area (Å²) in [5, 5.41) is 6.98. The number of aromatic nitrogens is 2. The van der Waals surface area contributed by atoms with Crippen LogP contribution >= 0.6 is 0 Å². The number of ether oxygens (including phenoxy) is 1. The standard InChI is InChI=1S/C23H22N4O2/c1-29-18-8-4-7-17(12-18)27-23(28)26-14-20(16-6-5-11-24-13-16)21-15-25-22-10-3-2-9-19(21)22/h2-13,15,20,25H,14H2,1H3,(H2,26,27,28)/t20-/m1/s1. The third-order valence-electron chi connectivity index (χ3n) is 4.88. The zero-order valence-electron chi connectivity index (χ0n) is 16.1. The van der Waals surface area contributed by atoms with Gasteiger partial charge in [-0.05, 0) is 35.4 Å². The number of carbonyl (C=O) groups is 1. The summed E-state index contributed by atoms with van der Waals surface area (Å²) in [5.41, 5.74) is 3.90. The van der Waals surface area contributed by atoms with Gasteiger partial charge in [-0.2, -0.15) is 0 Å². The van der Waals surface area contributed by atoms with Gasteiger partial charge in [-0.25, -0.2) is 4.79 Å². The van der Waals surface area contributed by atoms with Gasteiger partial charge in [0.1, 0.15) is 5.75 Å². The molecule has 4 aromatic rings. The molecular formula is C23H22N4O2. The van der Waals surface area contributed by atoms with Crippen LogP contribution in [0.15, 0.2) is 79.3 Å². The topological polar surface area (TPSA) is 79.0 Å². The second kappa shape index (κ2) is 8.48. The van der Waals surface area contributed by atoms with Crippen LogP contribution in [0.25, 0.3) is 10.9 Å². The number of para-hydroxylation sites is 1. The Morgan fingerprint density at radius 2 is 2.03 bits per heavy atom. The predicted molar refractivity (Wildman–Crippen MR) is 114 cm³/mol. The van der Waals surface area contributed by atoms with Crippen molar-refractivity contribution in [3.63, 3.8) is 0 Å². The summed E-state index contributed by atoms with van der Waals surface area (Å²) in [4.78, 5) is 20.1. The molecule has 0 aliphatic heterocycles. The van der Waals surface area contributed by atoms with Gasteiger partial charge in [-0.15, -0.1) is 0 Å². The van der Waals surface area contributed by atoms with Crippen molar-refractivity contribution in [2.75, 3.05) is 19.0 Å². The summed E-state index contributed by atoms with van der Waals surface area (Å²) < 4.78 is 5.20. The molecule has 6 heteroatoms. The Labute approximate surface area is 168 Å². The van der Waals surface area contributed by atoms with E-state index < -0.39 is 0 Å². The average molecular weight is 386 g/mol. The molecule has 1 atom stereocenters. The first-order valence-corrected chi connectivity index (χ1v) is 9.39. The Morgan fingerprint density at radius 1 is 1.14 bits per heavy atom. The first kappa shape index (κ1) is 18.6. The number of aromatic amines is 1. The van der Waals surface area contributed by atoms with Crippen molar-refractivity contribution in [1.82, 2.24) is 15.3 Å². The highest BCUT2D eigenvalue weighted by Gasteiger charge is 2.19. The number of carbonyl (C=O) groups excluding carboxylic acids is 1. The first-order chi connectivity index (χ1) is 14.2. The summed E-state index contributed by atoms with van der Waals surface area (Å²) in [6.45, 7) is 0.434. The molecule has 0 spiro atoms. The van der Waals surface area contributed by atoms with Crippen LogP contribution in [0.3, 0.4) is 0 Å². The van der Waals surface area contributed by atoms with Gasteiger partial charge in [0.2, 0.25) is 0 Å². The molecule has 3 N–H and O–H groups in total. The minimum absolute atomic E-state index is 0.0316. The average Bonchev–Trinajstić information content (AvgIpc) is 3.19. The molecule has 6 nitrogen and oxygen atoms in total. The molecule has 2 heterocycles. The highest BCUT2D eigenvalue weighted by molar-refractivity contribution is 5.89. The van der Waals surface area contributed by atoms with Gasteiger partial charge in [0, 0.05) is 53.7 Å². The number of urea groups is 1. The lowest BCUT2D eigenvalue weighted by molar-refractivity contribution is 0.252. The van der Waals surface area contributed by atoms with E-state index >= 15 is 0 Å². The summed E-state index contributed by atoms with van der Waals surface area (Å²) in [6.07, 6.45) is 5.59. The highest BCUT2D eigenvalue weighted by Crippen LogP contribution is 2.30. The second-order valence-corrected chi connectivity index (χ2v) is 6.70. The minimum Gasteiger partial charge on any atom is -0.497 e. The van der Waals surface area contributed by atoms with Crippen molar-refractivity contribution in [3.8, 4) is 5.75 Å². The Bertz CT molecular complexity index is 1110. The van der Waals surface area contributed by atoms with Gasteiger partial charge < -0.3 is 20.4 Å². The third kappa shape index (κ3) is 4.21. The van der Waals surface area contributed by atoms with Gasteiger partial charge in [0.05, 0.1) is 7.11 Å². The molecule has 2 aromatic heterocycles. The normalized spacial score (nSPS) is 11.8. The molecule has 0 saturated heterocycles. The van der Waals surface area contributed by atoms with Gasteiger partial charge in [-0.1, -0.05) is 30.3 Å². The van der Waals surface area contributed by atoms with E-state index in [9.17, 15) is 4.79 Å². The number of amides is 2. The van der Waals surface area contributed by atoms with E-state index in [4.69, 9.17) is 4.74 Å². The number of H-pyrrole nitrogens is 1. The number of nitrogens with one attached hydrogen (secondary N) is 3. The highest BCUT2D eigenvalue weighted by atomic mass is 16.5. The van der Waals surface area contributed by atoms with Crippen molar-refractivity contribution in [3.05, 3.63) is 90.4 Å². The lowest BCUT2D eigenvalue weighted by atomic mass is 9.92. The molecular weight excluding hydrogens is 364 g/mol. The zero-order chi connectivity index (χ0) is 20.1. The summed E-state index contributed by atoms with van der Waals surface area (Å²) >= 11 is 0. The van der Waals surface area contributed by atoms with Crippen molar-refractivity contribution in [1.29, 1.82) is 0 Å². The van der Waals surface area contributed by atoms with Gasteiger partial charge in [0.25, 0.3) is 0 Å². The number of hydrogen-bond donors (Lipinski definition) is 3. The monoisotopic (exact) mass is 386 g/mol. The molecule has 0 fully saturated rings. The van der Waals surface area contributed by atoms with Crippen molar-refractivity contribution >= 4 is 22.6 Å². The Balaban J connectivity index is 1.54. The maximum absolute atomic E-state index is 12.5. The number of benzene rings is 2. The van der Waals surface area contributed by atoms with Crippen LogP contribution in [-0.2, 0) is 0 Å². The van der Waals surface area contributed by atoms with E-state index in [1.807, 2.05) is 60.9 Å². The summed E-state index contributed by atoms with van der Waals surface area (Å²) in [5.74, 6) is 0.658. The van der Waals surface area contributed by atoms with Crippen molar-refractivity contribution in [2.24, 2.45) is 0 Å². The van der Waals surface area contributed by atoms with E-state index in [1.54, 1.807) is 19.4 Å². The molecule has 2 amide bonds. The zero-order valence-corrected chi connectivity index (χ0v) is 16.1. The Hall–Kier alpha value is -3.80. The Kier molecular flexibility index (Phi) is 5.42. The fraction of sp³-hybridized carbons (Fsp3) is 0.130. The minimum atomic E-state index is -0.271. The molecule has 0 saturated carbocycles. The molecule has 0 radical (unpaired) electrons. The van der Waals surface area contributed by atoms with E-state index in [2.05, 4.69) is 26.7 Å². The number of pyridine rings is 1. The van der Waals surface area contributed by atoms with Crippen LogP contribution < -0.4 is 15.4 Å². The smallest absolute Gasteiger partial charge is 0.319 e. The molecule has 0 bridgehead atoms. The first-order valence-electron chi connectivity index (χ1n) is 9.39. The van der Waals surface area contributed by atoms with E-state index in [0.717, 1.165) is 22.0 Å². The van der Waals surface area contributed by atoms with Crippen LogP contribution in [-0.4, -0.2) is 29.7 Å². The Morgan fingerprint density at radius 3 is 2.86 bits per heavy atom. The van der Waals surface area contributed by atoms with Gasteiger partial charge >= 0.3 is 6.03 Å². The van der Waals surface area contributed by atoms with Crippen LogP contribution in [0.1, 0.15) is 17.0 Å². The fourth-order valence-electron chi connectivity index (χ4n) is 3.44. The molecule has 4 rings (SSSR count). The van der Waals surface area contributed by atoms with E-state index in [0.29, 0.717) is 18.0 Å². The van der Waals surface area contributed by atoms with Crippen molar-refractivity contribution in [2.45, 2.75) is 5.92 Å². The number of nitrogens with zero attached hydrogens (tertiary/aromatic N) is 1. The van der Waals surface area contributed by atoms with Crippen LogP contribution in [0.2, 0.25) is 0 Å². The van der Waals surface area contributed by atoms with E-state index in [-0.39, 0.29) is 11.9 Å². The number of hydrogen-bond acceptors (Lipinski definition) is 3. The van der Waals surface area contributed by atoms with Crippen LogP contribution in [0.4, 0.5) is 10.5 Å². The lowest BCUT2D eigenvalue weighted by Gasteiger charge is -2.18. The quantitative estimate of drug-likeness (QED) is 0.456. The number of anilines is 1. The molecule has 0 aliphatic carbocycles. The maximum atomic E-state index is 12.5. The lowest BCUT2D eigenvalue weighted by Crippen LogP contribution is -2.32. The number of rotatable bonds is 6. The second-order valence-electron chi connectivity index (χ2n) is 6.70. The van der Waals surface area contributed by atoms with Gasteiger partial charge in [0.15, 0.2) is 0 Å². The summed E-state index contributed by atoms with van der Waals surface area (Å²) in [6, 6.07) is 19.1. The van der Waals surface area contributed by atoms with Crippen LogP contribution in [0, 0.1) is 0 Å².